The molecular weight excluding hydrogens is 154 g/mol. The van der Waals surface area contributed by atoms with Crippen LogP contribution in [0.15, 0.2) is 0 Å². The molecule has 1 rings (SSSR count). The molecule has 0 bridgehead atoms. The van der Waals surface area contributed by atoms with Gasteiger partial charge in [-0.3, -0.25) is 4.79 Å². The van der Waals surface area contributed by atoms with Gasteiger partial charge < -0.3 is 4.74 Å². The largest absolute Gasteiger partial charge is 0.462 e. The Kier molecular flexibility index (Phi) is 6.08. The highest BCUT2D eigenvalue weighted by Gasteiger charge is 2.27. The molecule has 1 atom stereocenters. The fourth-order valence-electron chi connectivity index (χ4n) is 0.932. The van der Waals surface area contributed by atoms with E-state index in [2.05, 4.69) is 0 Å². The number of nitriles is 1. The average molecular weight is 169 g/mol. The number of nitrogens with zero attached hydrogens (tertiary/aromatic N) is 1. The zero-order valence-corrected chi connectivity index (χ0v) is 7.67. The second-order valence-electron chi connectivity index (χ2n) is 2.37. The first-order valence-electron chi connectivity index (χ1n) is 4.39. The monoisotopic (exact) mass is 169 g/mol. The first kappa shape index (κ1) is 11.0. The van der Waals surface area contributed by atoms with E-state index in [1.165, 1.54) is 0 Å². The molecule has 0 N–H and O–H groups in total. The van der Waals surface area contributed by atoms with Crippen molar-refractivity contribution in [2.75, 3.05) is 0 Å². The average Bonchev–Trinajstić information content (AvgIpc) is 2.05. The molecule has 0 spiro atoms. The summed E-state index contributed by atoms with van der Waals surface area (Å²) < 4.78 is 4.74. The molecule has 0 saturated carbocycles. The lowest BCUT2D eigenvalue weighted by Crippen LogP contribution is -2.32. The lowest BCUT2D eigenvalue weighted by Gasteiger charge is -2.24. The van der Waals surface area contributed by atoms with Crippen LogP contribution >= 0.6 is 0 Å². The Morgan fingerprint density at radius 1 is 1.67 bits per heavy atom. The van der Waals surface area contributed by atoms with Crippen molar-refractivity contribution in [3.05, 3.63) is 0 Å². The van der Waals surface area contributed by atoms with Gasteiger partial charge in [-0.15, -0.1) is 0 Å². The number of hydrogen-bond acceptors (Lipinski definition) is 3. The van der Waals surface area contributed by atoms with Gasteiger partial charge in [0.05, 0.1) is 12.5 Å². The van der Waals surface area contributed by atoms with E-state index in [4.69, 9.17) is 10.00 Å². The smallest absolute Gasteiger partial charge is 0.309 e. The molecule has 12 heavy (non-hydrogen) atoms. The maximum absolute atomic E-state index is 10.3. The fourth-order valence-corrected chi connectivity index (χ4v) is 0.932. The summed E-state index contributed by atoms with van der Waals surface area (Å²) in [5.41, 5.74) is 0. The summed E-state index contributed by atoms with van der Waals surface area (Å²) in [7, 11) is 0. The van der Waals surface area contributed by atoms with E-state index < -0.39 is 0 Å². The molecule has 1 aliphatic heterocycles. The van der Waals surface area contributed by atoms with Crippen LogP contribution < -0.4 is 0 Å². The van der Waals surface area contributed by atoms with Crippen molar-refractivity contribution in [2.45, 2.75) is 45.6 Å². The van der Waals surface area contributed by atoms with Crippen LogP contribution in [0.2, 0.25) is 0 Å². The predicted molar refractivity (Wildman–Crippen MR) is 45.3 cm³/mol. The Bertz CT molecular complexity index is 164. The number of unbranched alkanes of at least 4 members (excludes halogenated alkanes) is 1. The number of hydrogen-bond donors (Lipinski definition) is 0. The topological polar surface area (TPSA) is 50.1 Å². The predicted octanol–water partition coefficient (Wildman–Crippen LogP) is 2.02. The number of ether oxygens (including phenoxy) is 1. The highest BCUT2D eigenvalue weighted by molar-refractivity contribution is 5.75. The van der Waals surface area contributed by atoms with Crippen LogP contribution in [0.1, 0.15) is 39.5 Å². The normalized spacial score (nSPS) is 19.4. The zero-order valence-electron chi connectivity index (χ0n) is 7.67. The number of esters is 1. The molecular formula is C9H15NO2. The van der Waals surface area contributed by atoms with E-state index >= 15 is 0 Å². The summed E-state index contributed by atoms with van der Waals surface area (Å²) in [6.07, 6.45) is 2.91. The van der Waals surface area contributed by atoms with Crippen LogP contribution in [0.3, 0.4) is 0 Å². The molecule has 0 aliphatic carbocycles. The second kappa shape index (κ2) is 6.66. The summed E-state index contributed by atoms with van der Waals surface area (Å²) in [5, 5.41) is 8.16. The number of carbonyl (C=O) groups is 1. The van der Waals surface area contributed by atoms with E-state index in [0.717, 1.165) is 12.8 Å². The van der Waals surface area contributed by atoms with E-state index in [0.29, 0.717) is 12.8 Å². The highest BCUT2D eigenvalue weighted by atomic mass is 16.6. The molecule has 1 heterocycles. The highest BCUT2D eigenvalue weighted by Crippen LogP contribution is 2.18. The fraction of sp³-hybridized carbons (Fsp3) is 0.778. The molecule has 0 aromatic heterocycles. The van der Waals surface area contributed by atoms with Crippen LogP contribution in [-0.2, 0) is 9.53 Å². The van der Waals surface area contributed by atoms with E-state index in [-0.39, 0.29) is 12.1 Å². The summed E-state index contributed by atoms with van der Waals surface area (Å²) in [6, 6.07) is 2.04. The second-order valence-corrected chi connectivity index (χ2v) is 2.37. The maximum atomic E-state index is 10.3. The Balaban J connectivity index is 0.000000561. The van der Waals surface area contributed by atoms with Crippen molar-refractivity contribution >= 4 is 5.97 Å². The van der Waals surface area contributed by atoms with Gasteiger partial charge in [-0.05, 0) is 12.8 Å². The van der Waals surface area contributed by atoms with Gasteiger partial charge in [-0.1, -0.05) is 13.8 Å². The first-order valence-corrected chi connectivity index (χ1v) is 4.39. The van der Waals surface area contributed by atoms with Gasteiger partial charge in [0.1, 0.15) is 6.10 Å². The molecule has 0 aromatic carbocycles. The number of cyclic esters (lactones) is 1. The van der Waals surface area contributed by atoms with Gasteiger partial charge >= 0.3 is 5.97 Å². The third-order valence-corrected chi connectivity index (χ3v) is 1.51. The molecule has 0 radical (unpaired) electrons. The van der Waals surface area contributed by atoms with Crippen LogP contribution in [0.4, 0.5) is 0 Å². The van der Waals surface area contributed by atoms with Gasteiger partial charge in [-0.25, -0.2) is 0 Å². The minimum absolute atomic E-state index is 0.109. The zero-order chi connectivity index (χ0) is 9.40. The SMILES string of the molecule is CC.N#CCCCC1CC(=O)O1. The summed E-state index contributed by atoms with van der Waals surface area (Å²) >= 11 is 0. The van der Waals surface area contributed by atoms with E-state index in [1.54, 1.807) is 0 Å². The lowest BCUT2D eigenvalue weighted by atomic mass is 10.1. The van der Waals surface area contributed by atoms with Crippen LogP contribution in [0.5, 0.6) is 0 Å². The number of rotatable bonds is 3. The number of carbonyl (C=O) groups excluding carboxylic acids is 1. The first-order chi connectivity index (χ1) is 5.83. The van der Waals surface area contributed by atoms with Crippen molar-refractivity contribution in [3.8, 4) is 6.07 Å². The molecule has 1 aliphatic rings. The Hall–Kier alpha value is -1.04. The van der Waals surface area contributed by atoms with Gasteiger partial charge in [0.2, 0.25) is 0 Å². The molecule has 3 heteroatoms. The Morgan fingerprint density at radius 2 is 2.25 bits per heavy atom. The molecule has 1 saturated heterocycles. The van der Waals surface area contributed by atoms with Gasteiger partial charge in [0, 0.05) is 6.42 Å². The molecule has 0 amide bonds. The Morgan fingerprint density at radius 3 is 2.67 bits per heavy atom. The van der Waals surface area contributed by atoms with Crippen LogP contribution in [-0.4, -0.2) is 12.1 Å². The molecule has 68 valence electrons. The molecule has 1 fully saturated rings. The van der Waals surface area contributed by atoms with Crippen molar-refractivity contribution in [2.24, 2.45) is 0 Å². The maximum Gasteiger partial charge on any atom is 0.309 e. The molecule has 3 nitrogen and oxygen atoms in total. The standard InChI is InChI=1S/C7H9NO2.C2H6/c8-4-2-1-3-6-5-7(9)10-6;1-2/h6H,1-3,5H2;1-2H3. The van der Waals surface area contributed by atoms with E-state index in [1.807, 2.05) is 19.9 Å². The van der Waals surface area contributed by atoms with Crippen LogP contribution in [0, 0.1) is 11.3 Å². The third kappa shape index (κ3) is 3.97. The lowest BCUT2D eigenvalue weighted by molar-refractivity contribution is -0.169. The third-order valence-electron chi connectivity index (χ3n) is 1.51. The summed E-state index contributed by atoms with van der Waals surface area (Å²) in [5.74, 6) is -0.109. The van der Waals surface area contributed by atoms with Gasteiger partial charge in [0.15, 0.2) is 0 Å². The summed E-state index contributed by atoms with van der Waals surface area (Å²) in [4.78, 5) is 10.3. The Labute approximate surface area is 73.3 Å². The summed E-state index contributed by atoms with van der Waals surface area (Å²) in [6.45, 7) is 4.00. The van der Waals surface area contributed by atoms with Gasteiger partial charge in [0.25, 0.3) is 0 Å². The van der Waals surface area contributed by atoms with Gasteiger partial charge in [-0.2, -0.15) is 5.26 Å². The van der Waals surface area contributed by atoms with Crippen molar-refractivity contribution < 1.29 is 9.53 Å². The van der Waals surface area contributed by atoms with E-state index in [9.17, 15) is 4.79 Å². The van der Waals surface area contributed by atoms with Crippen molar-refractivity contribution in [3.63, 3.8) is 0 Å². The van der Waals surface area contributed by atoms with Crippen molar-refractivity contribution in [1.82, 2.24) is 0 Å². The minimum Gasteiger partial charge on any atom is -0.462 e. The molecule has 0 aromatic rings. The minimum atomic E-state index is -0.109. The van der Waals surface area contributed by atoms with Crippen molar-refractivity contribution in [1.29, 1.82) is 5.26 Å². The molecule has 1 unspecified atom stereocenters. The van der Waals surface area contributed by atoms with Crippen LogP contribution in [0.25, 0.3) is 0 Å². The quantitative estimate of drug-likeness (QED) is 0.479.